The van der Waals surface area contributed by atoms with E-state index < -0.39 is 0 Å². The number of hydrogen-bond acceptors (Lipinski definition) is 3. The Hall–Kier alpha value is -3.27. The molecule has 1 aromatic carbocycles. The fourth-order valence-electron chi connectivity index (χ4n) is 2.31. The molecule has 0 aliphatic heterocycles. The Kier molecular flexibility index (Phi) is 10.0. The van der Waals surface area contributed by atoms with Crippen LogP contribution in [0.3, 0.4) is 0 Å². The van der Waals surface area contributed by atoms with Gasteiger partial charge in [0.05, 0.1) is 0 Å². The van der Waals surface area contributed by atoms with Crippen LogP contribution >= 0.6 is 0 Å². The normalized spacial score (nSPS) is 13.4. The molecule has 4 nitrogen and oxygen atoms in total. The molecule has 0 atom stereocenters. The second-order valence-electron chi connectivity index (χ2n) is 6.70. The molecule has 0 saturated carbocycles. The van der Waals surface area contributed by atoms with E-state index in [0.29, 0.717) is 17.1 Å². The lowest BCUT2D eigenvalue weighted by molar-refractivity contribution is -0.116. The second-order valence-corrected chi connectivity index (χ2v) is 6.70. The summed E-state index contributed by atoms with van der Waals surface area (Å²) in [6, 6.07) is 7.74. The number of nitrogens with zero attached hydrogens (tertiary/aromatic N) is 1. The van der Waals surface area contributed by atoms with Crippen molar-refractivity contribution in [2.75, 3.05) is 14.1 Å². The van der Waals surface area contributed by atoms with E-state index in [-0.39, 0.29) is 5.91 Å². The Balaban J connectivity index is 2.93. The number of carbonyl (C=O) groups is 1. The number of rotatable bonds is 9. The minimum atomic E-state index is -0.244. The van der Waals surface area contributed by atoms with Crippen LogP contribution in [-0.2, 0) is 4.79 Å². The van der Waals surface area contributed by atoms with Crippen molar-refractivity contribution >= 4 is 5.91 Å². The van der Waals surface area contributed by atoms with E-state index >= 15 is 0 Å². The molecule has 0 aliphatic rings. The van der Waals surface area contributed by atoms with Gasteiger partial charge in [-0.15, -0.1) is 0 Å². The molecule has 0 aliphatic carbocycles. The maximum Gasteiger partial charge on any atom is 0.255 e. The number of ether oxygens (including phenoxy) is 1. The zero-order chi connectivity index (χ0) is 21.8. The van der Waals surface area contributed by atoms with E-state index in [1.54, 1.807) is 6.08 Å². The summed E-state index contributed by atoms with van der Waals surface area (Å²) in [6.45, 7) is 11.4. The zero-order valence-electron chi connectivity index (χ0n) is 18.3. The van der Waals surface area contributed by atoms with Gasteiger partial charge in [-0.1, -0.05) is 36.4 Å². The Bertz CT molecular complexity index is 851. The van der Waals surface area contributed by atoms with Crippen molar-refractivity contribution in [3.05, 3.63) is 102 Å². The number of likely N-dealkylation sites (N-methyl/N-ethyl adjacent to an activating group) is 1. The molecule has 0 fully saturated rings. The van der Waals surface area contributed by atoms with Gasteiger partial charge in [-0.25, -0.2) is 0 Å². The average molecular weight is 393 g/mol. The van der Waals surface area contributed by atoms with Crippen molar-refractivity contribution in [3.8, 4) is 5.75 Å². The third kappa shape index (κ3) is 8.52. The lowest BCUT2D eigenvalue weighted by Crippen LogP contribution is -2.22. The summed E-state index contributed by atoms with van der Waals surface area (Å²) < 4.78 is 5.86. The molecule has 1 N–H and O–H groups in total. The topological polar surface area (TPSA) is 41.6 Å². The average Bonchev–Trinajstić information content (AvgIpc) is 2.69. The predicted molar refractivity (Wildman–Crippen MR) is 122 cm³/mol. The van der Waals surface area contributed by atoms with Crippen molar-refractivity contribution in [1.29, 1.82) is 0 Å². The summed E-state index contributed by atoms with van der Waals surface area (Å²) in [5.41, 5.74) is 3.34. The van der Waals surface area contributed by atoms with Crippen LogP contribution in [0.1, 0.15) is 26.3 Å². The van der Waals surface area contributed by atoms with Crippen molar-refractivity contribution in [1.82, 2.24) is 10.2 Å². The molecule has 1 rings (SSSR count). The predicted octanol–water partition coefficient (Wildman–Crippen LogP) is 5.43. The summed E-state index contributed by atoms with van der Waals surface area (Å²) in [4.78, 5) is 14.6. The molecule has 4 heteroatoms. The van der Waals surface area contributed by atoms with Crippen molar-refractivity contribution in [2.45, 2.75) is 27.7 Å². The molecule has 1 aromatic rings. The largest absolute Gasteiger partial charge is 0.458 e. The number of carbonyl (C=O) groups excluding carboxylic acids is 1. The van der Waals surface area contributed by atoms with Gasteiger partial charge in [-0.3, -0.25) is 4.79 Å². The van der Waals surface area contributed by atoms with Crippen molar-refractivity contribution < 1.29 is 9.53 Å². The molecule has 154 valence electrons. The lowest BCUT2D eigenvalue weighted by Gasteiger charge is -2.13. The van der Waals surface area contributed by atoms with Crippen molar-refractivity contribution in [2.24, 2.45) is 0 Å². The summed E-state index contributed by atoms with van der Waals surface area (Å²) in [6.07, 6.45) is 12.8. The number of aryl methyl sites for hydroxylation is 1. The molecule has 0 spiro atoms. The highest BCUT2D eigenvalue weighted by Gasteiger charge is 2.08. The summed E-state index contributed by atoms with van der Waals surface area (Å²) in [5.74, 6) is 1.04. The zero-order valence-corrected chi connectivity index (χ0v) is 18.3. The maximum absolute atomic E-state index is 12.6. The van der Waals surface area contributed by atoms with E-state index in [4.69, 9.17) is 4.74 Å². The Morgan fingerprint density at radius 2 is 1.79 bits per heavy atom. The third-order valence-corrected chi connectivity index (χ3v) is 3.99. The van der Waals surface area contributed by atoms with Gasteiger partial charge in [0.2, 0.25) is 0 Å². The summed E-state index contributed by atoms with van der Waals surface area (Å²) in [7, 11) is 3.94. The van der Waals surface area contributed by atoms with E-state index in [2.05, 4.69) is 11.9 Å². The first-order chi connectivity index (χ1) is 13.8. The Morgan fingerprint density at radius 1 is 1.14 bits per heavy atom. The number of allylic oxidation sites excluding steroid dienone is 7. The van der Waals surface area contributed by atoms with E-state index in [9.17, 15) is 4.79 Å². The molecular formula is C25H32N2O2. The van der Waals surface area contributed by atoms with Gasteiger partial charge in [-0.2, -0.15) is 0 Å². The van der Waals surface area contributed by atoms with Gasteiger partial charge in [0.1, 0.15) is 11.5 Å². The number of hydrogen-bond donors (Lipinski definition) is 1. The van der Waals surface area contributed by atoms with Crippen LogP contribution in [0.4, 0.5) is 0 Å². The molecule has 29 heavy (non-hydrogen) atoms. The van der Waals surface area contributed by atoms with Gasteiger partial charge >= 0.3 is 0 Å². The van der Waals surface area contributed by atoms with Crippen LogP contribution in [0.2, 0.25) is 0 Å². The van der Waals surface area contributed by atoms with Crippen LogP contribution in [0.5, 0.6) is 5.75 Å². The molecule has 0 saturated heterocycles. The second kappa shape index (κ2) is 12.2. The van der Waals surface area contributed by atoms with Crippen LogP contribution < -0.4 is 10.1 Å². The van der Waals surface area contributed by atoms with Gasteiger partial charge in [-0.05, 0) is 70.2 Å². The molecule has 0 bridgehead atoms. The molecule has 0 unspecified atom stereocenters. The number of benzene rings is 1. The molecule has 0 aromatic heterocycles. The highest BCUT2D eigenvalue weighted by Crippen LogP contribution is 2.17. The van der Waals surface area contributed by atoms with Gasteiger partial charge in [0, 0.05) is 31.1 Å². The van der Waals surface area contributed by atoms with Gasteiger partial charge in [0.15, 0.2) is 0 Å². The van der Waals surface area contributed by atoms with Crippen LogP contribution in [0, 0.1) is 6.92 Å². The monoisotopic (exact) mass is 392 g/mol. The van der Waals surface area contributed by atoms with Gasteiger partial charge < -0.3 is 15.0 Å². The SMILES string of the molecule is C=C/C(=C\C(=C/C)Oc1ccc(C)cc1)C(=O)N/C(C)=C/C=C(\C=C/C)N(C)C. The highest BCUT2D eigenvalue weighted by atomic mass is 16.5. The first-order valence-corrected chi connectivity index (χ1v) is 9.55. The van der Waals surface area contributed by atoms with E-state index in [0.717, 1.165) is 17.0 Å². The number of nitrogens with one attached hydrogen (secondary N) is 1. The fraction of sp³-hybridized carbons (Fsp3) is 0.240. The minimum absolute atomic E-state index is 0.244. The smallest absolute Gasteiger partial charge is 0.255 e. The first-order valence-electron chi connectivity index (χ1n) is 9.55. The summed E-state index contributed by atoms with van der Waals surface area (Å²) >= 11 is 0. The third-order valence-electron chi connectivity index (χ3n) is 3.99. The highest BCUT2D eigenvalue weighted by molar-refractivity contribution is 5.97. The molecule has 0 heterocycles. The fourth-order valence-corrected chi connectivity index (χ4v) is 2.31. The maximum atomic E-state index is 12.6. The standard InChI is InChI=1S/C25H32N2O2/c1-8-11-22(27(6)7)15-14-20(5)26-25(28)21(9-2)18-23(10-3)29-24-16-12-19(4)13-17-24/h8-18H,2H2,1,3-7H3,(H,26,28)/b11-8-,20-14+,21-18+,22-15+,23-10+. The first kappa shape index (κ1) is 23.8. The van der Waals surface area contributed by atoms with Gasteiger partial charge in [0.25, 0.3) is 5.91 Å². The Morgan fingerprint density at radius 3 is 2.31 bits per heavy atom. The molecule has 0 radical (unpaired) electrons. The van der Waals surface area contributed by atoms with Crippen LogP contribution in [0.15, 0.2) is 96.1 Å². The van der Waals surface area contributed by atoms with Crippen molar-refractivity contribution in [3.63, 3.8) is 0 Å². The van der Waals surface area contributed by atoms with E-state index in [1.165, 1.54) is 6.08 Å². The number of amides is 1. The molecular weight excluding hydrogens is 360 g/mol. The molecule has 1 amide bonds. The van der Waals surface area contributed by atoms with E-state index in [1.807, 2.05) is 101 Å². The minimum Gasteiger partial charge on any atom is -0.458 e. The Labute approximate surface area is 175 Å². The van der Waals surface area contributed by atoms with Crippen LogP contribution in [0.25, 0.3) is 0 Å². The van der Waals surface area contributed by atoms with Crippen LogP contribution in [-0.4, -0.2) is 24.9 Å². The lowest BCUT2D eigenvalue weighted by atomic mass is 10.2. The summed E-state index contributed by atoms with van der Waals surface area (Å²) in [5, 5.41) is 2.88. The quantitative estimate of drug-likeness (QED) is 0.346.